The van der Waals surface area contributed by atoms with Crippen LogP contribution in [0.3, 0.4) is 0 Å². The number of hydrogen-bond donors (Lipinski definition) is 2. The van der Waals surface area contributed by atoms with Gasteiger partial charge in [-0.15, -0.1) is 12.4 Å². The minimum atomic E-state index is -0.328. The molecule has 3 N–H and O–H groups in total. The highest BCUT2D eigenvalue weighted by atomic mass is 35.5. The minimum Gasteiger partial charge on any atom is -0.354 e. The van der Waals surface area contributed by atoms with Crippen LogP contribution in [0, 0.1) is 5.92 Å². The fourth-order valence-corrected chi connectivity index (χ4v) is 2.50. The summed E-state index contributed by atoms with van der Waals surface area (Å²) in [5, 5.41) is 3.06. The molecule has 1 aliphatic carbocycles. The summed E-state index contributed by atoms with van der Waals surface area (Å²) in [4.78, 5) is 12.2. The Kier molecular flexibility index (Phi) is 7.04. The Morgan fingerprint density at radius 1 is 1.50 bits per heavy atom. The molecule has 0 aliphatic heterocycles. The van der Waals surface area contributed by atoms with Crippen molar-refractivity contribution in [2.75, 3.05) is 12.8 Å². The molecule has 1 saturated carbocycles. The number of thioether (sulfide) groups is 1. The molecule has 0 aromatic rings. The van der Waals surface area contributed by atoms with Crippen molar-refractivity contribution >= 4 is 30.1 Å². The predicted molar refractivity (Wildman–Crippen MR) is 82.4 cm³/mol. The highest BCUT2D eigenvalue weighted by Gasteiger charge is 2.37. The first-order valence-electron chi connectivity index (χ1n) is 6.40. The Hall–Kier alpha value is 0.0700. The Balaban J connectivity index is 0.00000289. The normalized spacial score (nSPS) is 28.4. The second-order valence-electron chi connectivity index (χ2n) is 5.99. The molecule has 18 heavy (non-hydrogen) atoms. The van der Waals surface area contributed by atoms with Gasteiger partial charge in [0.2, 0.25) is 5.91 Å². The number of halogens is 1. The Bertz CT molecular complexity index is 282. The Morgan fingerprint density at radius 2 is 2.11 bits per heavy atom. The minimum absolute atomic E-state index is 0. The van der Waals surface area contributed by atoms with E-state index in [-0.39, 0.29) is 34.5 Å². The first-order chi connectivity index (χ1) is 7.78. The van der Waals surface area contributed by atoms with Gasteiger partial charge in [-0.1, -0.05) is 12.8 Å². The number of nitrogens with one attached hydrogen (secondary N) is 1. The molecular formula is C13H27ClN2OS. The van der Waals surface area contributed by atoms with E-state index in [1.165, 1.54) is 0 Å². The molecule has 0 bridgehead atoms. The monoisotopic (exact) mass is 294 g/mol. The standard InChI is InChI=1S/C13H26N2OS.ClH/c1-12(2,17-4)9-15-11(16)10-7-5-6-8-13(10,3)14;/h10H,5-9,14H2,1-4H3,(H,15,16);1H. The maximum atomic E-state index is 12.2. The maximum absolute atomic E-state index is 12.2. The average molecular weight is 295 g/mol. The van der Waals surface area contributed by atoms with Crippen LogP contribution >= 0.6 is 24.2 Å². The van der Waals surface area contributed by atoms with E-state index in [1.54, 1.807) is 11.8 Å². The molecule has 2 unspecified atom stereocenters. The third-order valence-electron chi connectivity index (χ3n) is 3.81. The molecule has 2 atom stereocenters. The van der Waals surface area contributed by atoms with Gasteiger partial charge in [-0.05, 0) is 39.9 Å². The van der Waals surface area contributed by atoms with Crippen LogP contribution in [0.1, 0.15) is 46.5 Å². The van der Waals surface area contributed by atoms with Gasteiger partial charge in [0, 0.05) is 16.8 Å². The summed E-state index contributed by atoms with van der Waals surface area (Å²) in [6, 6.07) is 0. The van der Waals surface area contributed by atoms with Gasteiger partial charge in [-0.3, -0.25) is 4.79 Å². The van der Waals surface area contributed by atoms with Crippen LogP contribution < -0.4 is 11.1 Å². The first-order valence-corrected chi connectivity index (χ1v) is 7.63. The van der Waals surface area contributed by atoms with E-state index in [4.69, 9.17) is 5.73 Å². The zero-order chi connectivity index (χ0) is 13.1. The molecule has 5 heteroatoms. The van der Waals surface area contributed by atoms with Crippen LogP contribution in [-0.4, -0.2) is 29.0 Å². The molecular weight excluding hydrogens is 268 g/mol. The second kappa shape index (κ2) is 7.01. The number of nitrogens with two attached hydrogens (primary N) is 1. The van der Waals surface area contributed by atoms with E-state index >= 15 is 0 Å². The quantitative estimate of drug-likeness (QED) is 0.838. The van der Waals surface area contributed by atoms with Crippen molar-refractivity contribution in [1.82, 2.24) is 5.32 Å². The number of carbonyl (C=O) groups is 1. The van der Waals surface area contributed by atoms with Crippen molar-refractivity contribution in [3.05, 3.63) is 0 Å². The SMILES string of the molecule is CSC(C)(C)CNC(=O)C1CCCCC1(C)N.Cl. The molecule has 0 radical (unpaired) electrons. The van der Waals surface area contributed by atoms with Crippen LogP contribution in [0.2, 0.25) is 0 Å². The van der Waals surface area contributed by atoms with E-state index in [2.05, 4.69) is 25.4 Å². The smallest absolute Gasteiger partial charge is 0.225 e. The van der Waals surface area contributed by atoms with Crippen molar-refractivity contribution in [2.45, 2.75) is 56.7 Å². The van der Waals surface area contributed by atoms with Gasteiger partial charge in [0.15, 0.2) is 0 Å². The lowest BCUT2D eigenvalue weighted by molar-refractivity contribution is -0.128. The van der Waals surface area contributed by atoms with Crippen LogP contribution in [0.5, 0.6) is 0 Å². The second-order valence-corrected chi connectivity index (χ2v) is 7.50. The lowest BCUT2D eigenvalue weighted by Crippen LogP contribution is -2.54. The van der Waals surface area contributed by atoms with E-state index in [1.807, 2.05) is 6.92 Å². The summed E-state index contributed by atoms with van der Waals surface area (Å²) in [6.07, 6.45) is 6.22. The molecule has 1 aliphatic rings. The molecule has 1 rings (SSSR count). The van der Waals surface area contributed by atoms with Gasteiger partial charge < -0.3 is 11.1 Å². The van der Waals surface area contributed by atoms with Crippen molar-refractivity contribution < 1.29 is 4.79 Å². The fourth-order valence-electron chi connectivity index (χ4n) is 2.28. The highest BCUT2D eigenvalue weighted by molar-refractivity contribution is 7.99. The Morgan fingerprint density at radius 3 is 2.61 bits per heavy atom. The van der Waals surface area contributed by atoms with Gasteiger partial charge in [0.1, 0.15) is 0 Å². The van der Waals surface area contributed by atoms with Crippen molar-refractivity contribution in [3.63, 3.8) is 0 Å². The van der Waals surface area contributed by atoms with Gasteiger partial charge in [-0.25, -0.2) is 0 Å². The molecule has 3 nitrogen and oxygen atoms in total. The lowest BCUT2D eigenvalue weighted by atomic mass is 9.74. The maximum Gasteiger partial charge on any atom is 0.225 e. The zero-order valence-electron chi connectivity index (χ0n) is 11.9. The van der Waals surface area contributed by atoms with Crippen LogP contribution in [0.25, 0.3) is 0 Å². The summed E-state index contributed by atoms with van der Waals surface area (Å²) in [7, 11) is 0. The third kappa shape index (κ3) is 4.98. The summed E-state index contributed by atoms with van der Waals surface area (Å²) in [6.45, 7) is 7.00. The predicted octanol–water partition coefficient (Wildman–Crippen LogP) is 2.57. The molecule has 0 spiro atoms. The average Bonchev–Trinajstić information content (AvgIpc) is 2.25. The number of carbonyl (C=O) groups excluding carboxylic acids is 1. The van der Waals surface area contributed by atoms with Crippen LogP contribution in [-0.2, 0) is 4.79 Å². The number of hydrogen-bond acceptors (Lipinski definition) is 3. The van der Waals surface area contributed by atoms with Gasteiger partial charge in [-0.2, -0.15) is 11.8 Å². The molecule has 0 aromatic carbocycles. The van der Waals surface area contributed by atoms with Crippen LogP contribution in [0.4, 0.5) is 0 Å². The van der Waals surface area contributed by atoms with Crippen LogP contribution in [0.15, 0.2) is 0 Å². The topological polar surface area (TPSA) is 55.1 Å². The van der Waals surface area contributed by atoms with Gasteiger partial charge in [0.05, 0.1) is 5.92 Å². The van der Waals surface area contributed by atoms with E-state index in [0.717, 1.165) is 25.7 Å². The number of rotatable bonds is 4. The van der Waals surface area contributed by atoms with Crippen molar-refractivity contribution in [2.24, 2.45) is 11.7 Å². The largest absolute Gasteiger partial charge is 0.354 e. The molecule has 1 amide bonds. The van der Waals surface area contributed by atoms with E-state index < -0.39 is 0 Å². The zero-order valence-corrected chi connectivity index (χ0v) is 13.5. The summed E-state index contributed by atoms with van der Waals surface area (Å²) >= 11 is 1.77. The molecule has 0 aromatic heterocycles. The van der Waals surface area contributed by atoms with Gasteiger partial charge in [0.25, 0.3) is 0 Å². The van der Waals surface area contributed by atoms with Crippen molar-refractivity contribution in [3.8, 4) is 0 Å². The summed E-state index contributed by atoms with van der Waals surface area (Å²) in [5.74, 6) is 0.116. The highest BCUT2D eigenvalue weighted by Crippen LogP contribution is 2.31. The summed E-state index contributed by atoms with van der Waals surface area (Å²) in [5.41, 5.74) is 5.90. The fraction of sp³-hybridized carbons (Fsp3) is 0.923. The molecule has 0 saturated heterocycles. The Labute approximate surface area is 121 Å². The molecule has 1 fully saturated rings. The molecule has 108 valence electrons. The molecule has 0 heterocycles. The third-order valence-corrected chi connectivity index (χ3v) is 5.06. The van der Waals surface area contributed by atoms with Crippen molar-refractivity contribution in [1.29, 1.82) is 0 Å². The van der Waals surface area contributed by atoms with Gasteiger partial charge >= 0.3 is 0 Å². The summed E-state index contributed by atoms with van der Waals surface area (Å²) < 4.78 is 0.0926. The number of amides is 1. The van der Waals surface area contributed by atoms with E-state index in [0.29, 0.717) is 6.54 Å². The van der Waals surface area contributed by atoms with E-state index in [9.17, 15) is 4.79 Å². The first kappa shape index (κ1) is 18.1. The lowest BCUT2D eigenvalue weighted by Gasteiger charge is -2.37.